The van der Waals surface area contributed by atoms with Crippen molar-refractivity contribution in [1.82, 2.24) is 15.2 Å². The van der Waals surface area contributed by atoms with E-state index in [2.05, 4.69) is 15.2 Å². The van der Waals surface area contributed by atoms with Crippen molar-refractivity contribution in [3.63, 3.8) is 0 Å². The highest BCUT2D eigenvalue weighted by molar-refractivity contribution is 6.64. The second-order valence-corrected chi connectivity index (χ2v) is 7.71. The maximum Gasteiger partial charge on any atom is 0.330 e. The molecule has 1 aliphatic carbocycles. The first-order valence-corrected chi connectivity index (χ1v) is 10.00. The van der Waals surface area contributed by atoms with Gasteiger partial charge in [-0.05, 0) is 50.3 Å². The van der Waals surface area contributed by atoms with Crippen LogP contribution in [0.5, 0.6) is 0 Å². The van der Waals surface area contributed by atoms with E-state index < -0.39 is 5.82 Å². The van der Waals surface area contributed by atoms with Crippen molar-refractivity contribution >= 4 is 37.1 Å². The summed E-state index contributed by atoms with van der Waals surface area (Å²) in [6.45, 7) is 1.95. The number of nitrogens with two attached hydrogens (primary N) is 1. The molecule has 2 aliphatic rings. The number of carbonyl (C=O) groups excluding carboxylic acids is 2. The molecule has 1 aliphatic heterocycles. The van der Waals surface area contributed by atoms with Crippen LogP contribution in [-0.2, 0) is 11.3 Å². The number of anilines is 3. The Morgan fingerprint density at radius 1 is 1.37 bits per heavy atom. The van der Waals surface area contributed by atoms with Crippen molar-refractivity contribution in [3.8, 4) is 0 Å². The summed E-state index contributed by atoms with van der Waals surface area (Å²) < 4.78 is 14.7. The zero-order valence-corrected chi connectivity index (χ0v) is 16.7. The normalized spacial score (nSPS) is 21.3. The minimum Gasteiger partial charge on any atom is -0.368 e. The van der Waals surface area contributed by atoms with Gasteiger partial charge in [-0.2, -0.15) is 4.98 Å². The number of aryl methyl sites for hydroxylation is 1. The molecule has 30 heavy (non-hydrogen) atoms. The second kappa shape index (κ2) is 8.39. The minimum atomic E-state index is -0.452. The van der Waals surface area contributed by atoms with Crippen LogP contribution in [-0.4, -0.2) is 41.7 Å². The molecule has 4 rings (SSSR count). The highest BCUT2D eigenvalue weighted by Crippen LogP contribution is 2.37. The Balaban J connectivity index is 1.73. The van der Waals surface area contributed by atoms with E-state index in [1.54, 1.807) is 30.2 Å². The third kappa shape index (κ3) is 3.74. The van der Waals surface area contributed by atoms with Gasteiger partial charge >= 0.3 is 6.03 Å². The molecular formula is C20H23BFN6O2. The van der Waals surface area contributed by atoms with Crippen molar-refractivity contribution in [2.24, 2.45) is 0 Å². The van der Waals surface area contributed by atoms with Crippen LogP contribution in [0.1, 0.15) is 36.8 Å². The fraction of sp³-hybridized carbons (Fsp3) is 0.400. The number of rotatable bonds is 5. The lowest BCUT2D eigenvalue weighted by Gasteiger charge is -2.43. The Kier molecular flexibility index (Phi) is 5.67. The number of fused-ring (bicyclic) bond motifs is 1. The first-order chi connectivity index (χ1) is 14.5. The number of urea groups is 1. The Hall–Kier alpha value is -3.01. The van der Waals surface area contributed by atoms with Crippen LogP contribution in [0.2, 0.25) is 0 Å². The number of aromatic nitrogens is 2. The van der Waals surface area contributed by atoms with Gasteiger partial charge in [0.2, 0.25) is 5.95 Å². The Labute approximate surface area is 174 Å². The molecule has 2 atom stereocenters. The fourth-order valence-corrected chi connectivity index (χ4v) is 4.38. The van der Waals surface area contributed by atoms with E-state index in [1.807, 2.05) is 0 Å². The van der Waals surface area contributed by atoms with Crippen molar-refractivity contribution in [2.45, 2.75) is 51.2 Å². The molecule has 10 heteroatoms. The largest absolute Gasteiger partial charge is 0.368 e. The average Bonchev–Trinajstić information content (AvgIpc) is 2.73. The zero-order valence-electron chi connectivity index (χ0n) is 16.7. The highest BCUT2D eigenvalue weighted by Gasteiger charge is 2.40. The van der Waals surface area contributed by atoms with E-state index in [4.69, 9.17) is 5.73 Å². The zero-order chi connectivity index (χ0) is 21.3. The highest BCUT2D eigenvalue weighted by atomic mass is 19.1. The predicted molar refractivity (Wildman–Crippen MR) is 113 cm³/mol. The lowest BCUT2D eigenvalue weighted by atomic mass is 9.85. The maximum absolute atomic E-state index is 14.7. The molecule has 1 aromatic heterocycles. The standard InChI is InChI=1S/C20H23BFN6O2/c1-12-4-2-7-16(22)17(12)27-10-13-9-24-19(23)25-18(13)28(20(27)30)15-6-3-5-14(8-15)26-21-11-29/h2,4,7,9,11,14-15,26H,3,5-6,8,10H2,1H3,(H2,23,24,25). The molecule has 2 unspecified atom stereocenters. The Morgan fingerprint density at radius 3 is 2.97 bits per heavy atom. The first kappa shape index (κ1) is 20.3. The predicted octanol–water partition coefficient (Wildman–Crippen LogP) is 2.16. The molecule has 2 amide bonds. The number of halogens is 1. The summed E-state index contributed by atoms with van der Waals surface area (Å²) in [7, 11) is 1.38. The lowest BCUT2D eigenvalue weighted by Crippen LogP contribution is -2.55. The molecule has 1 radical (unpaired) electrons. The number of amides is 2. The number of nitrogen functional groups attached to an aromatic ring is 1. The molecule has 1 aromatic carbocycles. The van der Waals surface area contributed by atoms with E-state index in [9.17, 15) is 14.0 Å². The molecule has 8 nitrogen and oxygen atoms in total. The third-order valence-corrected chi connectivity index (χ3v) is 5.72. The Bertz CT molecular complexity index is 954. The molecule has 155 valence electrons. The molecule has 3 N–H and O–H groups in total. The quantitative estimate of drug-likeness (QED) is 0.580. The monoisotopic (exact) mass is 409 g/mol. The molecule has 0 bridgehead atoms. The summed E-state index contributed by atoms with van der Waals surface area (Å²) in [4.78, 5) is 35.8. The molecule has 1 saturated carbocycles. The van der Waals surface area contributed by atoms with Crippen LogP contribution < -0.4 is 20.8 Å². The van der Waals surface area contributed by atoms with Gasteiger partial charge in [-0.3, -0.25) is 9.80 Å². The summed E-state index contributed by atoms with van der Waals surface area (Å²) in [6, 6.07) is 4.32. The van der Waals surface area contributed by atoms with Crippen molar-refractivity contribution in [2.75, 3.05) is 15.5 Å². The molecule has 0 saturated heterocycles. The van der Waals surface area contributed by atoms with Crippen LogP contribution in [0, 0.1) is 12.7 Å². The van der Waals surface area contributed by atoms with Crippen molar-refractivity contribution < 1.29 is 14.0 Å². The van der Waals surface area contributed by atoms with Gasteiger partial charge in [0.1, 0.15) is 11.6 Å². The fourth-order valence-electron chi connectivity index (χ4n) is 4.38. The van der Waals surface area contributed by atoms with Gasteiger partial charge in [0.05, 0.1) is 18.4 Å². The van der Waals surface area contributed by atoms with Crippen molar-refractivity contribution in [3.05, 3.63) is 41.3 Å². The number of carbonyl (C=O) groups is 2. The number of hydrogen-bond acceptors (Lipinski definition) is 6. The van der Waals surface area contributed by atoms with Gasteiger partial charge in [0.25, 0.3) is 7.41 Å². The molecule has 1 fully saturated rings. The SMILES string of the molecule is Cc1cccc(F)c1N1Cc2cnc(N)nc2N(C2CCCC(N[B]C=O)C2)C1=O. The maximum atomic E-state index is 14.7. The summed E-state index contributed by atoms with van der Waals surface area (Å²) >= 11 is 0. The lowest BCUT2D eigenvalue weighted by molar-refractivity contribution is 0.242. The number of para-hydroxylation sites is 1. The van der Waals surface area contributed by atoms with E-state index in [1.165, 1.54) is 18.4 Å². The van der Waals surface area contributed by atoms with Crippen LogP contribution in [0.3, 0.4) is 0 Å². The van der Waals surface area contributed by atoms with E-state index in [0.29, 0.717) is 29.6 Å². The summed E-state index contributed by atoms with van der Waals surface area (Å²) in [5.74, 6) is 0.108. The second-order valence-electron chi connectivity index (χ2n) is 7.71. The van der Waals surface area contributed by atoms with Crippen LogP contribution >= 0.6 is 0 Å². The van der Waals surface area contributed by atoms with E-state index in [0.717, 1.165) is 19.3 Å². The van der Waals surface area contributed by atoms with Crippen LogP contribution in [0.4, 0.5) is 26.6 Å². The van der Waals surface area contributed by atoms with E-state index in [-0.39, 0.29) is 36.3 Å². The summed E-state index contributed by atoms with van der Waals surface area (Å²) in [6.07, 6.45) is 5.51. The van der Waals surface area contributed by atoms with Gasteiger partial charge in [0, 0.05) is 17.8 Å². The molecule has 2 aromatic rings. The van der Waals surface area contributed by atoms with Gasteiger partial charge in [0.15, 0.2) is 0 Å². The van der Waals surface area contributed by atoms with E-state index >= 15 is 0 Å². The topological polar surface area (TPSA) is 104 Å². The van der Waals surface area contributed by atoms with Crippen molar-refractivity contribution in [1.29, 1.82) is 0 Å². The summed E-state index contributed by atoms with van der Waals surface area (Å²) in [5.41, 5.74) is 7.46. The number of nitrogens with zero attached hydrogens (tertiary/aromatic N) is 4. The smallest absolute Gasteiger partial charge is 0.330 e. The van der Waals surface area contributed by atoms with Gasteiger partial charge < -0.3 is 15.8 Å². The van der Waals surface area contributed by atoms with Gasteiger partial charge in [-0.1, -0.05) is 12.1 Å². The summed E-state index contributed by atoms with van der Waals surface area (Å²) in [5, 5.41) is 3.09. The average molecular weight is 409 g/mol. The number of benzene rings is 1. The number of nitrogens with one attached hydrogen (secondary N) is 1. The van der Waals surface area contributed by atoms with Crippen LogP contribution in [0.25, 0.3) is 0 Å². The molecule has 2 heterocycles. The number of hydrogen-bond donors (Lipinski definition) is 2. The van der Waals surface area contributed by atoms with Gasteiger partial charge in [-0.15, -0.1) is 0 Å². The Morgan fingerprint density at radius 2 is 2.20 bits per heavy atom. The minimum absolute atomic E-state index is 0.0648. The molecule has 0 spiro atoms. The first-order valence-electron chi connectivity index (χ1n) is 10.00. The molecular weight excluding hydrogens is 386 g/mol. The van der Waals surface area contributed by atoms with Crippen LogP contribution in [0.15, 0.2) is 24.4 Å². The third-order valence-electron chi connectivity index (χ3n) is 5.72. The van der Waals surface area contributed by atoms with Gasteiger partial charge in [-0.25, -0.2) is 14.2 Å².